The molecule has 4 heteroatoms. The van der Waals surface area contributed by atoms with E-state index >= 15 is 0 Å². The number of aromatic nitrogens is 1. The summed E-state index contributed by atoms with van der Waals surface area (Å²) in [4.78, 5) is 20.1. The highest BCUT2D eigenvalue weighted by atomic mass is 16.1. The van der Waals surface area contributed by atoms with Gasteiger partial charge >= 0.3 is 0 Å². The first-order valence-electron chi connectivity index (χ1n) is 10.3. The van der Waals surface area contributed by atoms with Crippen LogP contribution in [0.4, 0.5) is 0 Å². The van der Waals surface area contributed by atoms with Crippen molar-refractivity contribution in [2.24, 2.45) is 16.8 Å². The van der Waals surface area contributed by atoms with Crippen molar-refractivity contribution in [1.82, 2.24) is 9.47 Å². The summed E-state index contributed by atoms with van der Waals surface area (Å²) in [5.74, 6) is 0.347. The molecule has 0 fully saturated rings. The summed E-state index contributed by atoms with van der Waals surface area (Å²) >= 11 is 0. The molecule has 2 atom stereocenters. The number of allylic oxidation sites excluding steroid dienone is 6. The van der Waals surface area contributed by atoms with Crippen LogP contribution in [0.2, 0.25) is 0 Å². The molecule has 142 valence electrons. The molecule has 0 bridgehead atoms. The first-order chi connectivity index (χ1) is 13.1. The largest absolute Gasteiger partial charge is 0.314 e. The predicted octanol–water partition coefficient (Wildman–Crippen LogP) is 4.19. The normalized spacial score (nSPS) is 23.2. The molecule has 2 unspecified atom stereocenters. The number of carbonyl (C=O) groups is 1. The fourth-order valence-corrected chi connectivity index (χ4v) is 4.53. The Bertz CT molecular complexity index is 864. The van der Waals surface area contributed by atoms with Crippen LogP contribution in [0, 0.1) is 11.8 Å². The summed E-state index contributed by atoms with van der Waals surface area (Å²) in [6.07, 6.45) is 13.4. The summed E-state index contributed by atoms with van der Waals surface area (Å²) < 4.78 is 2.27. The number of aliphatic imine (C=N–C) groups is 1. The van der Waals surface area contributed by atoms with Gasteiger partial charge in [0.05, 0.1) is 17.1 Å². The molecule has 2 aliphatic carbocycles. The zero-order valence-electron chi connectivity index (χ0n) is 16.6. The Morgan fingerprint density at radius 3 is 2.93 bits per heavy atom. The zero-order chi connectivity index (χ0) is 19.0. The lowest BCUT2D eigenvalue weighted by Crippen LogP contribution is -2.30. The molecule has 1 aromatic heterocycles. The van der Waals surface area contributed by atoms with Crippen LogP contribution < -0.4 is 0 Å². The third-order valence-electron chi connectivity index (χ3n) is 6.26. The summed E-state index contributed by atoms with van der Waals surface area (Å²) in [5.41, 5.74) is 6.04. The van der Waals surface area contributed by atoms with Crippen molar-refractivity contribution in [1.29, 1.82) is 0 Å². The third kappa shape index (κ3) is 3.16. The predicted molar refractivity (Wildman–Crippen MR) is 112 cm³/mol. The topological polar surface area (TPSA) is 37.6 Å². The second-order valence-electron chi connectivity index (χ2n) is 7.70. The average molecular weight is 364 g/mol. The van der Waals surface area contributed by atoms with Gasteiger partial charge in [0, 0.05) is 42.8 Å². The van der Waals surface area contributed by atoms with E-state index in [1.165, 1.54) is 16.8 Å². The van der Waals surface area contributed by atoms with E-state index < -0.39 is 0 Å². The van der Waals surface area contributed by atoms with Crippen molar-refractivity contribution in [3.05, 3.63) is 47.4 Å². The molecule has 0 amide bonds. The van der Waals surface area contributed by atoms with Gasteiger partial charge in [-0.1, -0.05) is 32.9 Å². The van der Waals surface area contributed by atoms with Gasteiger partial charge in [0.1, 0.15) is 5.78 Å². The van der Waals surface area contributed by atoms with Gasteiger partial charge in [-0.25, -0.2) is 0 Å². The summed E-state index contributed by atoms with van der Waals surface area (Å²) in [7, 11) is 0. The van der Waals surface area contributed by atoms with E-state index in [2.05, 4.69) is 60.7 Å². The Labute approximate surface area is 162 Å². The smallest absolute Gasteiger partial charge is 0.141 e. The average Bonchev–Trinajstić information content (AvgIpc) is 3.04. The second-order valence-corrected chi connectivity index (χ2v) is 7.70. The fraction of sp³-hybridized carbons (Fsp3) is 0.478. The lowest BCUT2D eigenvalue weighted by molar-refractivity contribution is -0.122. The molecule has 0 saturated carbocycles. The van der Waals surface area contributed by atoms with Crippen molar-refractivity contribution in [2.75, 3.05) is 19.6 Å². The lowest BCUT2D eigenvalue weighted by atomic mass is 9.82. The highest BCUT2D eigenvalue weighted by Gasteiger charge is 2.32. The van der Waals surface area contributed by atoms with Crippen molar-refractivity contribution >= 4 is 23.3 Å². The van der Waals surface area contributed by atoms with Gasteiger partial charge in [0.15, 0.2) is 0 Å². The van der Waals surface area contributed by atoms with Crippen LogP contribution in [0.1, 0.15) is 44.9 Å². The van der Waals surface area contributed by atoms with E-state index in [9.17, 15) is 4.79 Å². The van der Waals surface area contributed by atoms with Crippen LogP contribution in [-0.2, 0) is 11.2 Å². The highest BCUT2D eigenvalue weighted by molar-refractivity contribution is 6.12. The Kier molecular flexibility index (Phi) is 5.00. The standard InChI is InChI=1S/C23H29N3O/c1-4-25(5-2)13-12-21(27)19-9-10-20-22(16(19)3)24-15-18-8-6-7-17-11-14-26(20)23(17)18/h8-11,14-16,19H,4-7,12-13H2,1-3H3. The van der Waals surface area contributed by atoms with Crippen molar-refractivity contribution in [3.8, 4) is 0 Å². The number of Topliss-reactive ketones (excluding diaryl/α,β-unsaturated/α-hetero) is 1. The van der Waals surface area contributed by atoms with Gasteiger partial charge in [-0.05, 0) is 43.6 Å². The molecule has 0 aromatic carbocycles. The molecule has 2 heterocycles. The molecule has 0 spiro atoms. The van der Waals surface area contributed by atoms with Gasteiger partial charge in [0.2, 0.25) is 0 Å². The number of hydrogen-bond acceptors (Lipinski definition) is 3. The molecule has 0 radical (unpaired) electrons. The Hall–Kier alpha value is -2.20. The maximum atomic E-state index is 12.9. The van der Waals surface area contributed by atoms with Gasteiger partial charge in [0.25, 0.3) is 0 Å². The molecule has 0 N–H and O–H groups in total. The van der Waals surface area contributed by atoms with E-state index in [1.54, 1.807) is 0 Å². The minimum atomic E-state index is -0.0781. The number of ketones is 1. The van der Waals surface area contributed by atoms with E-state index in [1.807, 2.05) is 6.21 Å². The van der Waals surface area contributed by atoms with E-state index in [-0.39, 0.29) is 11.8 Å². The Morgan fingerprint density at radius 1 is 1.33 bits per heavy atom. The molecule has 27 heavy (non-hydrogen) atoms. The molecule has 3 aliphatic rings. The summed E-state index contributed by atoms with van der Waals surface area (Å²) in [5, 5.41) is 0. The SMILES string of the molecule is CCN(CC)CCC(=O)C1C=CC2=C(N=CC3=CCCc4ccn2c43)C1C. The van der Waals surface area contributed by atoms with E-state index in [0.717, 1.165) is 43.9 Å². The molecule has 4 nitrogen and oxygen atoms in total. The minimum Gasteiger partial charge on any atom is -0.314 e. The molecule has 1 aromatic rings. The van der Waals surface area contributed by atoms with Crippen molar-refractivity contribution in [2.45, 2.75) is 40.0 Å². The first kappa shape index (κ1) is 18.2. The molecular weight excluding hydrogens is 334 g/mol. The van der Waals surface area contributed by atoms with E-state index in [4.69, 9.17) is 4.99 Å². The van der Waals surface area contributed by atoms with Crippen LogP contribution in [0.5, 0.6) is 0 Å². The van der Waals surface area contributed by atoms with E-state index in [0.29, 0.717) is 12.2 Å². The maximum Gasteiger partial charge on any atom is 0.141 e. The minimum absolute atomic E-state index is 0.0781. The Balaban J connectivity index is 1.60. The molecule has 4 rings (SSSR count). The first-order valence-corrected chi connectivity index (χ1v) is 10.3. The van der Waals surface area contributed by atoms with Crippen molar-refractivity contribution < 1.29 is 4.79 Å². The summed E-state index contributed by atoms with van der Waals surface area (Å²) in [6, 6.07) is 2.23. The Morgan fingerprint density at radius 2 is 2.15 bits per heavy atom. The number of nitrogens with zero attached hydrogens (tertiary/aromatic N) is 3. The summed E-state index contributed by atoms with van der Waals surface area (Å²) in [6.45, 7) is 9.27. The number of carbonyl (C=O) groups excluding carboxylic acids is 1. The van der Waals surface area contributed by atoms with Gasteiger partial charge in [-0.3, -0.25) is 9.79 Å². The number of fused-ring (bicyclic) bond motifs is 1. The molecule has 1 aliphatic heterocycles. The number of hydrogen-bond donors (Lipinski definition) is 0. The second kappa shape index (κ2) is 7.43. The van der Waals surface area contributed by atoms with Crippen LogP contribution >= 0.6 is 0 Å². The van der Waals surface area contributed by atoms with Crippen LogP contribution in [0.3, 0.4) is 0 Å². The highest BCUT2D eigenvalue weighted by Crippen LogP contribution is 2.39. The molecular formula is C23H29N3O. The van der Waals surface area contributed by atoms with Gasteiger partial charge < -0.3 is 9.47 Å². The van der Waals surface area contributed by atoms with Crippen molar-refractivity contribution in [3.63, 3.8) is 0 Å². The zero-order valence-corrected chi connectivity index (χ0v) is 16.6. The van der Waals surface area contributed by atoms with Gasteiger partial charge in [-0.15, -0.1) is 0 Å². The number of rotatable bonds is 6. The molecule has 0 saturated heterocycles. The maximum absolute atomic E-state index is 12.9. The monoisotopic (exact) mass is 363 g/mol. The lowest BCUT2D eigenvalue weighted by Gasteiger charge is -2.27. The van der Waals surface area contributed by atoms with Gasteiger partial charge in [-0.2, -0.15) is 0 Å². The number of aryl methyl sites for hydroxylation is 1. The fourth-order valence-electron chi connectivity index (χ4n) is 4.53. The van der Waals surface area contributed by atoms with Crippen LogP contribution in [0.15, 0.2) is 41.2 Å². The quantitative estimate of drug-likeness (QED) is 0.760. The van der Waals surface area contributed by atoms with Crippen LogP contribution in [-0.4, -0.2) is 41.1 Å². The van der Waals surface area contributed by atoms with Crippen LogP contribution in [0.25, 0.3) is 11.3 Å². The third-order valence-corrected chi connectivity index (χ3v) is 6.26.